The van der Waals surface area contributed by atoms with Gasteiger partial charge in [-0.05, 0) is 62.1 Å². The lowest BCUT2D eigenvalue weighted by Gasteiger charge is -2.33. The van der Waals surface area contributed by atoms with Crippen molar-refractivity contribution in [3.05, 3.63) is 58.7 Å². The first-order chi connectivity index (χ1) is 12.1. The number of aryl methyl sites for hydroxylation is 1. The normalized spacial score (nSPS) is 26.0. The van der Waals surface area contributed by atoms with Crippen LogP contribution in [0.4, 0.5) is 0 Å². The Labute approximate surface area is 154 Å². The van der Waals surface area contributed by atoms with Crippen LogP contribution >= 0.6 is 0 Å². The third-order valence-corrected chi connectivity index (χ3v) is 6.03. The van der Waals surface area contributed by atoms with Crippen LogP contribution < -0.4 is 0 Å². The standard InChI is InChI=1S/C24H34O/c1-5-6-7-8-19-10-11-20(16-23(19)24-13-14-25-24)22-15-18(4)9-12-21(22)17(2)3/h10-11,15-16,21-22,24H,2,5-9,12-14H2,1,3-4H3. The SMILES string of the molecule is C=C(C)C1CCC(C)=CC1c1ccc(CCCCC)c(C2CCO2)c1. The van der Waals surface area contributed by atoms with Crippen molar-refractivity contribution in [2.75, 3.05) is 6.61 Å². The Hall–Kier alpha value is -1.34. The molecule has 0 N–H and O–H groups in total. The van der Waals surface area contributed by atoms with E-state index in [1.165, 1.54) is 72.8 Å². The number of hydrogen-bond donors (Lipinski definition) is 0. The van der Waals surface area contributed by atoms with Crippen LogP contribution in [0.3, 0.4) is 0 Å². The van der Waals surface area contributed by atoms with Crippen molar-refractivity contribution >= 4 is 0 Å². The summed E-state index contributed by atoms with van der Waals surface area (Å²) in [4.78, 5) is 0. The van der Waals surface area contributed by atoms with Gasteiger partial charge in [0.1, 0.15) is 0 Å². The average molecular weight is 339 g/mol. The van der Waals surface area contributed by atoms with Gasteiger partial charge in [0.05, 0.1) is 12.7 Å². The maximum atomic E-state index is 5.87. The molecule has 1 aliphatic heterocycles. The molecule has 2 aliphatic rings. The third kappa shape index (κ3) is 4.26. The molecule has 1 saturated heterocycles. The van der Waals surface area contributed by atoms with Crippen molar-refractivity contribution in [1.29, 1.82) is 0 Å². The van der Waals surface area contributed by atoms with Crippen LogP contribution in [-0.4, -0.2) is 6.61 Å². The van der Waals surface area contributed by atoms with Gasteiger partial charge in [-0.15, -0.1) is 0 Å². The number of benzene rings is 1. The topological polar surface area (TPSA) is 9.23 Å². The summed E-state index contributed by atoms with van der Waals surface area (Å²) in [5, 5.41) is 0. The van der Waals surface area contributed by atoms with Crippen LogP contribution in [-0.2, 0) is 11.2 Å². The van der Waals surface area contributed by atoms with Crippen LogP contribution in [0.5, 0.6) is 0 Å². The third-order valence-electron chi connectivity index (χ3n) is 6.03. The molecular formula is C24H34O. The molecule has 136 valence electrons. The molecule has 3 atom stereocenters. The lowest BCUT2D eigenvalue weighted by Crippen LogP contribution is -2.21. The highest BCUT2D eigenvalue weighted by Gasteiger charge is 2.28. The molecule has 0 bridgehead atoms. The minimum atomic E-state index is 0.327. The van der Waals surface area contributed by atoms with E-state index in [0.29, 0.717) is 17.9 Å². The first kappa shape index (κ1) is 18.5. The molecule has 0 radical (unpaired) electrons. The van der Waals surface area contributed by atoms with Crippen molar-refractivity contribution in [3.63, 3.8) is 0 Å². The van der Waals surface area contributed by atoms with E-state index in [0.717, 1.165) is 6.61 Å². The van der Waals surface area contributed by atoms with Crippen LogP contribution in [0.2, 0.25) is 0 Å². The largest absolute Gasteiger partial charge is 0.373 e. The molecule has 1 fully saturated rings. The van der Waals surface area contributed by atoms with Crippen molar-refractivity contribution in [2.45, 2.75) is 77.7 Å². The molecule has 1 heterocycles. The van der Waals surface area contributed by atoms with Crippen LogP contribution in [0.1, 0.15) is 88.0 Å². The zero-order valence-corrected chi connectivity index (χ0v) is 16.3. The monoisotopic (exact) mass is 338 g/mol. The van der Waals surface area contributed by atoms with Crippen LogP contribution in [0.15, 0.2) is 42.0 Å². The van der Waals surface area contributed by atoms with Gasteiger partial charge in [-0.3, -0.25) is 0 Å². The number of unbranched alkanes of at least 4 members (excludes halogenated alkanes) is 2. The Bertz CT molecular complexity index is 635. The second-order valence-corrected chi connectivity index (χ2v) is 8.09. The molecule has 3 unspecified atom stereocenters. The van der Waals surface area contributed by atoms with E-state index >= 15 is 0 Å². The van der Waals surface area contributed by atoms with Crippen LogP contribution in [0, 0.1) is 5.92 Å². The summed E-state index contributed by atoms with van der Waals surface area (Å²) in [7, 11) is 0. The fraction of sp³-hybridized carbons (Fsp3) is 0.583. The second kappa shape index (κ2) is 8.36. The van der Waals surface area contributed by atoms with Crippen molar-refractivity contribution in [2.24, 2.45) is 5.92 Å². The number of ether oxygens (including phenoxy) is 1. The molecule has 3 rings (SSSR count). The van der Waals surface area contributed by atoms with Gasteiger partial charge in [0.25, 0.3) is 0 Å². The van der Waals surface area contributed by atoms with Crippen molar-refractivity contribution < 1.29 is 4.74 Å². The van der Waals surface area contributed by atoms with E-state index in [1.807, 2.05) is 0 Å². The fourth-order valence-corrected chi connectivity index (χ4v) is 4.34. The van der Waals surface area contributed by atoms with Gasteiger partial charge < -0.3 is 4.74 Å². The molecule has 1 aromatic carbocycles. The minimum Gasteiger partial charge on any atom is -0.373 e. The molecular weight excluding hydrogens is 304 g/mol. The van der Waals surface area contributed by atoms with Gasteiger partial charge in [0.15, 0.2) is 0 Å². The van der Waals surface area contributed by atoms with Gasteiger partial charge in [-0.2, -0.15) is 0 Å². The Morgan fingerprint density at radius 1 is 1.24 bits per heavy atom. The molecule has 0 saturated carbocycles. The predicted molar refractivity (Wildman–Crippen MR) is 107 cm³/mol. The van der Waals surface area contributed by atoms with E-state index in [1.54, 1.807) is 0 Å². The molecule has 1 aliphatic carbocycles. The zero-order valence-electron chi connectivity index (χ0n) is 16.3. The van der Waals surface area contributed by atoms with Crippen molar-refractivity contribution in [1.82, 2.24) is 0 Å². The van der Waals surface area contributed by atoms with Crippen molar-refractivity contribution in [3.8, 4) is 0 Å². The summed E-state index contributed by atoms with van der Waals surface area (Å²) in [5.41, 5.74) is 7.26. The first-order valence-electron chi connectivity index (χ1n) is 10.2. The van der Waals surface area contributed by atoms with Gasteiger partial charge in [-0.1, -0.05) is 61.8 Å². The van der Waals surface area contributed by atoms with Gasteiger partial charge in [-0.25, -0.2) is 0 Å². The summed E-state index contributed by atoms with van der Waals surface area (Å²) >= 11 is 0. The van der Waals surface area contributed by atoms with E-state index in [-0.39, 0.29) is 0 Å². The summed E-state index contributed by atoms with van der Waals surface area (Å²) in [6, 6.07) is 7.22. The summed E-state index contributed by atoms with van der Waals surface area (Å²) in [6.45, 7) is 11.9. The van der Waals surface area contributed by atoms with Gasteiger partial charge >= 0.3 is 0 Å². The van der Waals surface area contributed by atoms with E-state index in [2.05, 4.69) is 51.6 Å². The van der Waals surface area contributed by atoms with E-state index in [9.17, 15) is 0 Å². The second-order valence-electron chi connectivity index (χ2n) is 8.09. The molecule has 25 heavy (non-hydrogen) atoms. The Balaban J connectivity index is 1.90. The highest BCUT2D eigenvalue weighted by Crippen LogP contribution is 2.42. The van der Waals surface area contributed by atoms with Crippen LogP contribution in [0.25, 0.3) is 0 Å². The first-order valence-corrected chi connectivity index (χ1v) is 10.2. The Morgan fingerprint density at radius 2 is 2.04 bits per heavy atom. The quantitative estimate of drug-likeness (QED) is 0.388. The van der Waals surface area contributed by atoms with E-state index < -0.39 is 0 Å². The number of rotatable bonds is 7. The smallest absolute Gasteiger partial charge is 0.0849 e. The predicted octanol–water partition coefficient (Wildman–Crippen LogP) is 6.90. The molecule has 1 nitrogen and oxygen atoms in total. The average Bonchev–Trinajstić information content (AvgIpc) is 2.54. The molecule has 0 spiro atoms. The molecule has 1 aromatic rings. The lowest BCUT2D eigenvalue weighted by molar-refractivity contribution is -0.0532. The Kier molecular flexibility index (Phi) is 6.17. The highest BCUT2D eigenvalue weighted by atomic mass is 16.5. The maximum Gasteiger partial charge on any atom is 0.0849 e. The fourth-order valence-electron chi connectivity index (χ4n) is 4.34. The zero-order chi connectivity index (χ0) is 17.8. The van der Waals surface area contributed by atoms with Gasteiger partial charge in [0.2, 0.25) is 0 Å². The molecule has 0 amide bonds. The Morgan fingerprint density at radius 3 is 2.68 bits per heavy atom. The maximum absolute atomic E-state index is 5.87. The summed E-state index contributed by atoms with van der Waals surface area (Å²) < 4.78 is 5.87. The minimum absolute atomic E-state index is 0.327. The van der Waals surface area contributed by atoms with E-state index in [4.69, 9.17) is 4.74 Å². The molecule has 0 aromatic heterocycles. The lowest BCUT2D eigenvalue weighted by atomic mass is 9.73. The summed E-state index contributed by atoms with van der Waals surface area (Å²) in [6.07, 6.45) is 11.5. The number of allylic oxidation sites excluding steroid dienone is 3. The summed E-state index contributed by atoms with van der Waals surface area (Å²) in [5.74, 6) is 1.06. The number of hydrogen-bond acceptors (Lipinski definition) is 1. The molecule has 1 heteroatoms. The highest BCUT2D eigenvalue weighted by molar-refractivity contribution is 5.40. The van der Waals surface area contributed by atoms with Gasteiger partial charge in [0, 0.05) is 12.3 Å².